The van der Waals surface area contributed by atoms with Gasteiger partial charge in [0.25, 0.3) is 0 Å². The van der Waals surface area contributed by atoms with Gasteiger partial charge in [-0.25, -0.2) is 4.79 Å². The van der Waals surface area contributed by atoms with Gasteiger partial charge in [0, 0.05) is 13.1 Å². The molecule has 0 unspecified atom stereocenters. The molecule has 1 rings (SSSR count). The lowest BCUT2D eigenvalue weighted by Crippen LogP contribution is -2.39. The predicted molar refractivity (Wildman–Crippen MR) is 47.4 cm³/mol. The minimum absolute atomic E-state index is 0.484. The second kappa shape index (κ2) is 4.72. The van der Waals surface area contributed by atoms with E-state index in [0.717, 1.165) is 12.8 Å². The highest BCUT2D eigenvalue weighted by Crippen LogP contribution is 2.18. The molecule has 1 amide bonds. The highest BCUT2D eigenvalue weighted by molar-refractivity contribution is 5.67. The Morgan fingerprint density at radius 2 is 1.93 bits per heavy atom. The number of carbonyl (C=O) groups excluding carboxylic acids is 1. The van der Waals surface area contributed by atoms with Crippen molar-refractivity contribution in [1.82, 2.24) is 4.90 Å². The van der Waals surface area contributed by atoms with Crippen LogP contribution in [0, 0.1) is 5.92 Å². The van der Waals surface area contributed by atoms with Crippen LogP contribution in [-0.4, -0.2) is 36.9 Å². The fourth-order valence-corrected chi connectivity index (χ4v) is 1.43. The van der Waals surface area contributed by atoms with Gasteiger partial charge in [-0.3, -0.25) is 0 Å². The fraction of sp³-hybridized carbons (Fsp3) is 0.889. The van der Waals surface area contributed by atoms with Gasteiger partial charge in [0.1, 0.15) is 0 Å². The summed E-state index contributed by atoms with van der Waals surface area (Å²) in [6.07, 6.45) is -3.67. The molecule has 0 radical (unpaired) electrons. The van der Waals surface area contributed by atoms with Gasteiger partial charge in [-0.2, -0.15) is 13.2 Å². The van der Waals surface area contributed by atoms with E-state index < -0.39 is 18.9 Å². The predicted octanol–water partition coefficient (Wildman–Crippen LogP) is 2.42. The zero-order chi connectivity index (χ0) is 11.5. The van der Waals surface area contributed by atoms with E-state index in [0.29, 0.717) is 19.0 Å². The van der Waals surface area contributed by atoms with Crippen molar-refractivity contribution < 1.29 is 22.7 Å². The summed E-state index contributed by atoms with van der Waals surface area (Å²) in [5.41, 5.74) is 0. The lowest BCUT2D eigenvalue weighted by molar-refractivity contribution is -0.162. The molecular weight excluding hydrogens is 211 g/mol. The van der Waals surface area contributed by atoms with Crippen LogP contribution in [0.5, 0.6) is 0 Å². The topological polar surface area (TPSA) is 29.5 Å². The third-order valence-electron chi connectivity index (χ3n) is 2.40. The molecule has 0 saturated carbocycles. The molecule has 88 valence electrons. The number of halogens is 3. The third kappa shape index (κ3) is 4.40. The minimum atomic E-state index is -4.45. The second-order valence-electron chi connectivity index (χ2n) is 3.84. The van der Waals surface area contributed by atoms with Crippen molar-refractivity contribution >= 4 is 6.09 Å². The fourth-order valence-electron chi connectivity index (χ4n) is 1.43. The number of alkyl halides is 3. The lowest BCUT2D eigenvalue weighted by Gasteiger charge is -2.29. The minimum Gasteiger partial charge on any atom is -0.440 e. The molecule has 0 aliphatic carbocycles. The Hall–Kier alpha value is -0.940. The highest BCUT2D eigenvalue weighted by Gasteiger charge is 2.31. The highest BCUT2D eigenvalue weighted by atomic mass is 19.4. The monoisotopic (exact) mass is 225 g/mol. The summed E-state index contributed by atoms with van der Waals surface area (Å²) >= 11 is 0. The average Bonchev–Trinajstić information content (AvgIpc) is 2.14. The molecule has 1 aliphatic heterocycles. The summed E-state index contributed by atoms with van der Waals surface area (Å²) < 4.78 is 39.4. The van der Waals surface area contributed by atoms with Crippen molar-refractivity contribution in [2.24, 2.45) is 5.92 Å². The van der Waals surface area contributed by atoms with Crippen LogP contribution in [0.15, 0.2) is 0 Å². The number of rotatable bonds is 1. The van der Waals surface area contributed by atoms with Crippen LogP contribution in [0.4, 0.5) is 18.0 Å². The molecule has 0 aromatic carbocycles. The summed E-state index contributed by atoms with van der Waals surface area (Å²) in [6, 6.07) is 0. The van der Waals surface area contributed by atoms with Crippen LogP contribution in [0.2, 0.25) is 0 Å². The SMILES string of the molecule is CC1CCN(C(=O)OCC(F)(F)F)CC1. The first-order valence-corrected chi connectivity index (χ1v) is 4.87. The molecule has 0 aromatic heterocycles. The number of carbonyl (C=O) groups is 1. The molecule has 0 aromatic rings. The molecular formula is C9H14F3NO2. The molecule has 0 N–H and O–H groups in total. The molecule has 1 heterocycles. The largest absolute Gasteiger partial charge is 0.440 e. The lowest BCUT2D eigenvalue weighted by atomic mass is 10.00. The Balaban J connectivity index is 2.29. The first-order chi connectivity index (χ1) is 6.88. The van der Waals surface area contributed by atoms with Crippen LogP contribution < -0.4 is 0 Å². The van der Waals surface area contributed by atoms with Crippen LogP contribution in [0.25, 0.3) is 0 Å². The van der Waals surface area contributed by atoms with Gasteiger partial charge >= 0.3 is 12.3 Å². The third-order valence-corrected chi connectivity index (χ3v) is 2.40. The van der Waals surface area contributed by atoms with Crippen LogP contribution in [0.3, 0.4) is 0 Å². The van der Waals surface area contributed by atoms with E-state index in [4.69, 9.17) is 0 Å². The maximum absolute atomic E-state index is 11.7. The van der Waals surface area contributed by atoms with E-state index in [1.165, 1.54) is 4.90 Å². The van der Waals surface area contributed by atoms with Crippen molar-refractivity contribution in [2.75, 3.05) is 19.7 Å². The summed E-state index contributed by atoms with van der Waals surface area (Å²) in [6.45, 7) is 1.52. The maximum Gasteiger partial charge on any atom is 0.422 e. The first-order valence-electron chi connectivity index (χ1n) is 4.87. The van der Waals surface area contributed by atoms with Crippen LogP contribution in [-0.2, 0) is 4.74 Å². The van der Waals surface area contributed by atoms with Crippen LogP contribution in [0.1, 0.15) is 19.8 Å². The number of ether oxygens (including phenoxy) is 1. The Morgan fingerprint density at radius 1 is 1.40 bits per heavy atom. The maximum atomic E-state index is 11.7. The smallest absolute Gasteiger partial charge is 0.422 e. The van der Waals surface area contributed by atoms with E-state index in [2.05, 4.69) is 11.7 Å². The molecule has 0 atom stereocenters. The molecule has 3 nitrogen and oxygen atoms in total. The normalized spacial score (nSPS) is 19.1. The van der Waals surface area contributed by atoms with Gasteiger partial charge in [-0.1, -0.05) is 6.92 Å². The molecule has 0 bridgehead atoms. The quantitative estimate of drug-likeness (QED) is 0.685. The molecule has 6 heteroatoms. The van der Waals surface area contributed by atoms with Gasteiger partial charge in [0.2, 0.25) is 0 Å². The molecule has 0 spiro atoms. The van der Waals surface area contributed by atoms with E-state index in [1.807, 2.05) is 0 Å². The van der Waals surface area contributed by atoms with E-state index in [9.17, 15) is 18.0 Å². The molecule has 1 saturated heterocycles. The van der Waals surface area contributed by atoms with E-state index in [1.54, 1.807) is 0 Å². The van der Waals surface area contributed by atoms with E-state index in [-0.39, 0.29) is 0 Å². The Morgan fingerprint density at radius 3 is 2.40 bits per heavy atom. The number of piperidine rings is 1. The number of nitrogens with zero attached hydrogens (tertiary/aromatic N) is 1. The Bertz CT molecular complexity index is 222. The molecule has 15 heavy (non-hydrogen) atoms. The standard InChI is InChI=1S/C9H14F3NO2/c1-7-2-4-13(5-3-7)8(14)15-6-9(10,11)12/h7H,2-6H2,1H3. The number of hydrogen-bond acceptors (Lipinski definition) is 2. The summed E-state index contributed by atoms with van der Waals surface area (Å²) in [7, 11) is 0. The van der Waals surface area contributed by atoms with Gasteiger partial charge < -0.3 is 9.64 Å². The van der Waals surface area contributed by atoms with Gasteiger partial charge in [-0.15, -0.1) is 0 Å². The van der Waals surface area contributed by atoms with Crippen molar-refractivity contribution in [3.63, 3.8) is 0 Å². The van der Waals surface area contributed by atoms with Crippen molar-refractivity contribution in [1.29, 1.82) is 0 Å². The average molecular weight is 225 g/mol. The van der Waals surface area contributed by atoms with Gasteiger partial charge in [0.05, 0.1) is 0 Å². The Labute approximate surface area is 86.2 Å². The van der Waals surface area contributed by atoms with Crippen molar-refractivity contribution in [3.8, 4) is 0 Å². The van der Waals surface area contributed by atoms with Gasteiger partial charge in [-0.05, 0) is 18.8 Å². The zero-order valence-corrected chi connectivity index (χ0v) is 8.51. The summed E-state index contributed by atoms with van der Waals surface area (Å²) in [4.78, 5) is 12.5. The van der Waals surface area contributed by atoms with Crippen LogP contribution >= 0.6 is 0 Å². The van der Waals surface area contributed by atoms with Crippen molar-refractivity contribution in [2.45, 2.75) is 25.9 Å². The number of hydrogen-bond donors (Lipinski definition) is 0. The summed E-state index contributed by atoms with van der Waals surface area (Å²) in [5.74, 6) is 0.525. The number of likely N-dealkylation sites (tertiary alicyclic amines) is 1. The second-order valence-corrected chi connectivity index (χ2v) is 3.84. The number of amides is 1. The van der Waals surface area contributed by atoms with E-state index >= 15 is 0 Å². The molecule has 1 aliphatic rings. The van der Waals surface area contributed by atoms with Gasteiger partial charge in [0.15, 0.2) is 6.61 Å². The molecule has 1 fully saturated rings. The zero-order valence-electron chi connectivity index (χ0n) is 8.51. The van der Waals surface area contributed by atoms with Crippen molar-refractivity contribution in [3.05, 3.63) is 0 Å². The summed E-state index contributed by atoms with van der Waals surface area (Å²) in [5, 5.41) is 0. The first kappa shape index (κ1) is 12.1. The Kier molecular flexibility index (Phi) is 3.82.